The quantitative estimate of drug-likeness (QED) is 0.451. The maximum atomic E-state index is 12.4. The lowest BCUT2D eigenvalue weighted by Crippen LogP contribution is -2.39. The third-order valence-corrected chi connectivity index (χ3v) is 4.03. The maximum Gasteiger partial charge on any atom is 0.315 e. The molecule has 0 radical (unpaired) electrons. The molecule has 0 bridgehead atoms. The van der Waals surface area contributed by atoms with E-state index in [1.807, 2.05) is 0 Å². The molecule has 2 atom stereocenters. The summed E-state index contributed by atoms with van der Waals surface area (Å²) < 4.78 is 5.05. The lowest BCUT2D eigenvalue weighted by molar-refractivity contribution is -0.384. The molecule has 0 saturated carbocycles. The maximum absolute atomic E-state index is 12.4. The van der Waals surface area contributed by atoms with E-state index in [4.69, 9.17) is 4.74 Å². The highest BCUT2D eigenvalue weighted by Gasteiger charge is 2.40. The van der Waals surface area contributed by atoms with Crippen LogP contribution in [0.4, 0.5) is 5.69 Å². The average molecular weight is 345 g/mol. The van der Waals surface area contributed by atoms with Gasteiger partial charge >= 0.3 is 5.97 Å². The van der Waals surface area contributed by atoms with Gasteiger partial charge < -0.3 is 14.6 Å². The smallest absolute Gasteiger partial charge is 0.315 e. The fraction of sp³-hybridized carbons (Fsp3) is 0.353. The lowest BCUT2D eigenvalue weighted by Gasteiger charge is -2.32. The minimum absolute atomic E-state index is 0.119. The molecule has 8 heteroatoms. The fourth-order valence-corrected chi connectivity index (χ4v) is 3.03. The van der Waals surface area contributed by atoms with E-state index >= 15 is 0 Å². The zero-order valence-corrected chi connectivity index (χ0v) is 14.0. The Morgan fingerprint density at radius 3 is 2.56 bits per heavy atom. The van der Waals surface area contributed by atoms with Crippen LogP contribution >= 0.6 is 0 Å². The fourth-order valence-electron chi connectivity index (χ4n) is 3.03. The van der Waals surface area contributed by atoms with E-state index < -0.39 is 28.7 Å². The molecule has 1 heterocycles. The van der Waals surface area contributed by atoms with Crippen molar-refractivity contribution < 1.29 is 24.4 Å². The SMILES string of the molecule is CCOC(=O)C1C(C)=NC(C)=C(C(=O)[O-])[C@H]1c1cccc([N+](=O)[O-])c1. The highest BCUT2D eigenvalue weighted by atomic mass is 16.6. The molecule has 0 amide bonds. The van der Waals surface area contributed by atoms with E-state index in [2.05, 4.69) is 4.99 Å². The van der Waals surface area contributed by atoms with Crippen molar-refractivity contribution in [1.82, 2.24) is 0 Å². The Balaban J connectivity index is 2.66. The molecule has 25 heavy (non-hydrogen) atoms. The number of aliphatic carboxylic acids is 1. The van der Waals surface area contributed by atoms with Crippen molar-refractivity contribution in [1.29, 1.82) is 0 Å². The van der Waals surface area contributed by atoms with E-state index in [9.17, 15) is 24.8 Å². The van der Waals surface area contributed by atoms with Gasteiger partial charge in [0.1, 0.15) is 5.92 Å². The summed E-state index contributed by atoms with van der Waals surface area (Å²) in [6, 6.07) is 5.53. The Hall–Kier alpha value is -3.03. The van der Waals surface area contributed by atoms with Crippen molar-refractivity contribution >= 4 is 23.3 Å². The van der Waals surface area contributed by atoms with Gasteiger partial charge in [-0.15, -0.1) is 0 Å². The summed E-state index contributed by atoms with van der Waals surface area (Å²) in [6.45, 7) is 4.85. The number of carboxylic acid groups (broad SMARTS) is 1. The zero-order valence-electron chi connectivity index (χ0n) is 14.0. The molecule has 0 N–H and O–H groups in total. The van der Waals surface area contributed by atoms with Crippen LogP contribution in [0.15, 0.2) is 40.5 Å². The van der Waals surface area contributed by atoms with Crippen molar-refractivity contribution in [2.24, 2.45) is 10.9 Å². The van der Waals surface area contributed by atoms with E-state index in [1.165, 1.54) is 25.1 Å². The van der Waals surface area contributed by atoms with Crippen molar-refractivity contribution in [2.45, 2.75) is 26.7 Å². The Kier molecular flexibility index (Phi) is 5.31. The zero-order chi connectivity index (χ0) is 18.7. The molecule has 0 saturated heterocycles. The number of hydrogen-bond donors (Lipinski definition) is 0. The van der Waals surface area contributed by atoms with Gasteiger partial charge in [-0.25, -0.2) is 0 Å². The number of aliphatic imine (C=N–C) groups is 1. The first-order chi connectivity index (χ1) is 11.8. The summed E-state index contributed by atoms with van der Waals surface area (Å²) >= 11 is 0. The second-order valence-corrected chi connectivity index (χ2v) is 5.60. The van der Waals surface area contributed by atoms with Gasteiger partial charge in [-0.3, -0.25) is 19.9 Å². The summed E-state index contributed by atoms with van der Waals surface area (Å²) in [4.78, 5) is 38.7. The number of allylic oxidation sites excluding steroid dienone is 1. The van der Waals surface area contributed by atoms with Crippen LogP contribution < -0.4 is 5.11 Å². The predicted octanol–water partition coefficient (Wildman–Crippen LogP) is 1.36. The number of ether oxygens (including phenoxy) is 1. The standard InChI is InChI=1S/C17H18N2O6/c1-4-25-17(22)14-10(3)18-9(2)13(16(20)21)15(14)11-6-5-7-12(8-11)19(23)24/h5-8,14-15H,4H2,1-3H3,(H,20,21)/p-1/t14?,15-/m1/s1. The van der Waals surface area contributed by atoms with Crippen LogP contribution in [0.3, 0.4) is 0 Å². The molecule has 1 aromatic carbocycles. The van der Waals surface area contributed by atoms with Crippen LogP contribution in [0, 0.1) is 16.0 Å². The van der Waals surface area contributed by atoms with Crippen molar-refractivity contribution in [3.63, 3.8) is 0 Å². The summed E-state index contributed by atoms with van der Waals surface area (Å²) in [7, 11) is 0. The van der Waals surface area contributed by atoms with E-state index in [-0.39, 0.29) is 23.6 Å². The third-order valence-electron chi connectivity index (χ3n) is 4.03. The largest absolute Gasteiger partial charge is 0.545 e. The number of nitro groups is 1. The molecule has 1 aliphatic rings. The number of carbonyl (C=O) groups is 2. The number of carboxylic acids is 1. The number of non-ortho nitro benzene ring substituents is 1. The Bertz CT molecular complexity index is 796. The van der Waals surface area contributed by atoms with Gasteiger partial charge in [-0.05, 0) is 26.3 Å². The lowest BCUT2D eigenvalue weighted by atomic mass is 9.75. The first-order valence-corrected chi connectivity index (χ1v) is 7.66. The second-order valence-electron chi connectivity index (χ2n) is 5.60. The molecule has 0 aliphatic carbocycles. The molecule has 1 aliphatic heterocycles. The number of rotatable bonds is 5. The van der Waals surface area contributed by atoms with Gasteiger partial charge in [0.15, 0.2) is 0 Å². The topological polar surface area (TPSA) is 122 Å². The summed E-state index contributed by atoms with van der Waals surface area (Å²) in [5, 5.41) is 22.7. The number of nitro benzene ring substituents is 1. The molecule has 0 aromatic heterocycles. The molecule has 1 unspecified atom stereocenters. The van der Waals surface area contributed by atoms with Crippen molar-refractivity contribution in [3.05, 3.63) is 51.2 Å². The second kappa shape index (κ2) is 7.25. The van der Waals surface area contributed by atoms with Gasteiger partial charge in [0.2, 0.25) is 0 Å². The van der Waals surface area contributed by atoms with E-state index in [1.54, 1.807) is 19.9 Å². The van der Waals surface area contributed by atoms with Gasteiger partial charge in [0, 0.05) is 35.0 Å². The van der Waals surface area contributed by atoms with Crippen LogP contribution in [0.2, 0.25) is 0 Å². The minimum atomic E-state index is -1.47. The normalized spacial score (nSPS) is 20.0. The summed E-state index contributed by atoms with van der Waals surface area (Å²) in [5.74, 6) is -4.06. The molecule has 132 valence electrons. The molecular weight excluding hydrogens is 328 g/mol. The van der Waals surface area contributed by atoms with Crippen LogP contribution in [-0.2, 0) is 14.3 Å². The van der Waals surface area contributed by atoms with Crippen LogP contribution in [0.25, 0.3) is 0 Å². The van der Waals surface area contributed by atoms with Gasteiger partial charge in [0.05, 0.1) is 17.5 Å². The van der Waals surface area contributed by atoms with Gasteiger partial charge in [-0.1, -0.05) is 12.1 Å². The number of benzene rings is 1. The number of nitrogens with zero attached hydrogens (tertiary/aromatic N) is 2. The molecule has 1 aromatic rings. The summed E-state index contributed by atoms with van der Waals surface area (Å²) in [5.41, 5.74) is 0.534. The predicted molar refractivity (Wildman–Crippen MR) is 86.8 cm³/mol. The number of esters is 1. The Morgan fingerprint density at radius 1 is 1.32 bits per heavy atom. The molecular formula is C17H17N2O6-. The van der Waals surface area contributed by atoms with Crippen molar-refractivity contribution in [2.75, 3.05) is 6.61 Å². The number of carbonyl (C=O) groups excluding carboxylic acids is 2. The molecule has 2 rings (SSSR count). The average Bonchev–Trinajstić information content (AvgIpc) is 2.53. The molecule has 8 nitrogen and oxygen atoms in total. The summed E-state index contributed by atoms with van der Waals surface area (Å²) in [6.07, 6.45) is 0. The Labute approximate surface area is 144 Å². The van der Waals surface area contributed by atoms with Gasteiger partial charge in [0.25, 0.3) is 5.69 Å². The highest BCUT2D eigenvalue weighted by Crippen LogP contribution is 2.40. The number of hydrogen-bond acceptors (Lipinski definition) is 7. The highest BCUT2D eigenvalue weighted by molar-refractivity contribution is 6.06. The Morgan fingerprint density at radius 2 is 2.00 bits per heavy atom. The first-order valence-electron chi connectivity index (χ1n) is 7.66. The van der Waals surface area contributed by atoms with Gasteiger partial charge in [-0.2, -0.15) is 0 Å². The monoisotopic (exact) mass is 345 g/mol. The van der Waals surface area contributed by atoms with E-state index in [0.717, 1.165) is 0 Å². The molecule has 0 spiro atoms. The van der Waals surface area contributed by atoms with Crippen LogP contribution in [0.5, 0.6) is 0 Å². The van der Waals surface area contributed by atoms with E-state index in [0.29, 0.717) is 11.3 Å². The minimum Gasteiger partial charge on any atom is -0.545 e. The molecule has 0 fully saturated rings. The van der Waals surface area contributed by atoms with Crippen LogP contribution in [-0.4, -0.2) is 29.2 Å². The van der Waals surface area contributed by atoms with Crippen LogP contribution in [0.1, 0.15) is 32.3 Å². The van der Waals surface area contributed by atoms with Crippen molar-refractivity contribution in [3.8, 4) is 0 Å². The first kappa shape index (κ1) is 18.3. The third kappa shape index (κ3) is 3.57.